The summed E-state index contributed by atoms with van der Waals surface area (Å²) in [7, 11) is 0. The van der Waals surface area contributed by atoms with Gasteiger partial charge < -0.3 is 21.1 Å². The van der Waals surface area contributed by atoms with Crippen LogP contribution >= 0.6 is 0 Å². The molecule has 0 saturated carbocycles. The van der Waals surface area contributed by atoms with Crippen LogP contribution in [0.2, 0.25) is 0 Å². The first-order valence-corrected chi connectivity index (χ1v) is 6.10. The highest BCUT2D eigenvalue weighted by Gasteiger charge is 2.22. The van der Waals surface area contributed by atoms with Gasteiger partial charge in [-0.25, -0.2) is 4.98 Å². The summed E-state index contributed by atoms with van der Waals surface area (Å²) in [6.07, 6.45) is 3.19. The van der Waals surface area contributed by atoms with E-state index in [0.29, 0.717) is 25.5 Å². The molecule has 1 fully saturated rings. The smallest absolute Gasteiger partial charge is 0.249 e. The summed E-state index contributed by atoms with van der Waals surface area (Å²) in [6, 6.07) is 3.58. The van der Waals surface area contributed by atoms with Crippen LogP contribution in [-0.2, 0) is 9.53 Å². The van der Waals surface area contributed by atoms with Crippen LogP contribution in [0, 0.1) is 0 Å². The van der Waals surface area contributed by atoms with E-state index in [9.17, 15) is 4.79 Å². The van der Waals surface area contributed by atoms with Crippen molar-refractivity contribution in [2.75, 3.05) is 30.7 Å². The zero-order valence-electron chi connectivity index (χ0n) is 10.2. The molecular formula is C12H18N4O2. The van der Waals surface area contributed by atoms with Gasteiger partial charge in [-0.1, -0.05) is 0 Å². The fourth-order valence-corrected chi connectivity index (χ4v) is 1.80. The summed E-state index contributed by atoms with van der Waals surface area (Å²) >= 11 is 0. The monoisotopic (exact) mass is 250 g/mol. The summed E-state index contributed by atoms with van der Waals surface area (Å²) < 4.78 is 5.29. The van der Waals surface area contributed by atoms with Gasteiger partial charge in [0.1, 0.15) is 11.9 Å². The predicted molar refractivity (Wildman–Crippen MR) is 69.1 cm³/mol. The number of ether oxygens (including phenoxy) is 1. The summed E-state index contributed by atoms with van der Waals surface area (Å²) in [5.74, 6) is 0.469. The first kappa shape index (κ1) is 12.6. The van der Waals surface area contributed by atoms with Gasteiger partial charge >= 0.3 is 0 Å². The van der Waals surface area contributed by atoms with E-state index in [2.05, 4.69) is 15.6 Å². The van der Waals surface area contributed by atoms with Gasteiger partial charge in [-0.05, 0) is 25.0 Å². The van der Waals surface area contributed by atoms with Gasteiger partial charge in [0.2, 0.25) is 5.91 Å². The van der Waals surface area contributed by atoms with E-state index in [0.717, 1.165) is 18.5 Å². The summed E-state index contributed by atoms with van der Waals surface area (Å²) in [4.78, 5) is 15.6. The number of nitrogens with one attached hydrogen (secondary N) is 2. The second-order valence-electron chi connectivity index (χ2n) is 4.19. The Bertz CT molecular complexity index is 388. The molecule has 1 aromatic rings. The lowest BCUT2D eigenvalue weighted by atomic mass is 10.2. The highest BCUT2D eigenvalue weighted by Crippen LogP contribution is 2.11. The lowest BCUT2D eigenvalue weighted by Crippen LogP contribution is -2.36. The number of nitrogen functional groups attached to an aromatic ring is 1. The number of hydrogen-bond donors (Lipinski definition) is 3. The maximum Gasteiger partial charge on any atom is 0.249 e. The molecule has 98 valence electrons. The fraction of sp³-hybridized carbons (Fsp3) is 0.500. The Morgan fingerprint density at radius 1 is 1.50 bits per heavy atom. The first-order chi connectivity index (χ1) is 8.75. The molecule has 0 aromatic carbocycles. The average molecular weight is 250 g/mol. The second kappa shape index (κ2) is 6.20. The number of rotatable bonds is 5. The molecular weight excluding hydrogens is 232 g/mol. The minimum absolute atomic E-state index is 0.0234. The molecule has 1 aliphatic heterocycles. The van der Waals surface area contributed by atoms with Crippen LogP contribution in [0.15, 0.2) is 18.3 Å². The number of carbonyl (C=O) groups excluding carboxylic acids is 1. The van der Waals surface area contributed by atoms with Crippen molar-refractivity contribution in [3.63, 3.8) is 0 Å². The number of nitrogens with two attached hydrogens (primary N) is 1. The number of hydrogen-bond acceptors (Lipinski definition) is 5. The van der Waals surface area contributed by atoms with Crippen LogP contribution < -0.4 is 16.4 Å². The Morgan fingerprint density at radius 2 is 2.39 bits per heavy atom. The van der Waals surface area contributed by atoms with Crippen LogP contribution in [0.25, 0.3) is 0 Å². The van der Waals surface area contributed by atoms with E-state index in [4.69, 9.17) is 10.5 Å². The Kier molecular flexibility index (Phi) is 4.35. The van der Waals surface area contributed by atoms with Crippen molar-refractivity contribution in [1.29, 1.82) is 0 Å². The molecule has 6 nitrogen and oxygen atoms in total. The largest absolute Gasteiger partial charge is 0.384 e. The zero-order chi connectivity index (χ0) is 12.8. The van der Waals surface area contributed by atoms with Crippen molar-refractivity contribution in [3.8, 4) is 0 Å². The number of nitrogens with zero attached hydrogens (tertiary/aromatic N) is 1. The van der Waals surface area contributed by atoms with Crippen molar-refractivity contribution < 1.29 is 9.53 Å². The number of aromatic nitrogens is 1. The zero-order valence-corrected chi connectivity index (χ0v) is 10.2. The molecule has 0 aliphatic carbocycles. The maximum absolute atomic E-state index is 11.6. The second-order valence-corrected chi connectivity index (χ2v) is 4.19. The van der Waals surface area contributed by atoms with E-state index in [1.54, 1.807) is 12.3 Å². The van der Waals surface area contributed by atoms with E-state index in [1.165, 1.54) is 0 Å². The van der Waals surface area contributed by atoms with Crippen molar-refractivity contribution in [3.05, 3.63) is 18.3 Å². The number of amides is 1. The van der Waals surface area contributed by atoms with E-state index < -0.39 is 0 Å². The Morgan fingerprint density at radius 3 is 3.06 bits per heavy atom. The van der Waals surface area contributed by atoms with Gasteiger partial charge in [0.15, 0.2) is 0 Å². The van der Waals surface area contributed by atoms with Gasteiger partial charge in [0.05, 0.1) is 11.9 Å². The molecule has 2 heterocycles. The highest BCUT2D eigenvalue weighted by molar-refractivity contribution is 5.80. The number of pyridine rings is 1. The quantitative estimate of drug-likeness (QED) is 0.657. The Labute approximate surface area is 106 Å². The molecule has 6 heteroatoms. The molecule has 1 aliphatic rings. The molecule has 0 spiro atoms. The molecule has 18 heavy (non-hydrogen) atoms. The van der Waals surface area contributed by atoms with Gasteiger partial charge in [0.25, 0.3) is 0 Å². The lowest BCUT2D eigenvalue weighted by molar-refractivity contribution is -0.129. The molecule has 1 amide bonds. The van der Waals surface area contributed by atoms with E-state index in [1.807, 2.05) is 6.07 Å². The predicted octanol–water partition coefficient (Wildman–Crippen LogP) is 0.371. The van der Waals surface area contributed by atoms with Crippen LogP contribution in [0.4, 0.5) is 11.5 Å². The fourth-order valence-electron chi connectivity index (χ4n) is 1.80. The van der Waals surface area contributed by atoms with Gasteiger partial charge in [0, 0.05) is 19.7 Å². The molecule has 4 N–H and O–H groups in total. The molecule has 2 rings (SSSR count). The van der Waals surface area contributed by atoms with E-state index in [-0.39, 0.29) is 12.0 Å². The highest BCUT2D eigenvalue weighted by atomic mass is 16.5. The topological polar surface area (TPSA) is 89.3 Å². The lowest BCUT2D eigenvalue weighted by Gasteiger charge is -2.11. The van der Waals surface area contributed by atoms with Crippen molar-refractivity contribution in [2.24, 2.45) is 0 Å². The third-order valence-electron chi connectivity index (χ3n) is 2.76. The standard InChI is InChI=1S/C12H18N4O2/c13-11-4-3-9(8-16-11)14-5-6-15-12(17)10-2-1-7-18-10/h3-4,8,10,14H,1-2,5-7H2,(H2,13,16)(H,15,17). The van der Waals surface area contributed by atoms with Crippen LogP contribution in [-0.4, -0.2) is 36.7 Å². The van der Waals surface area contributed by atoms with Gasteiger partial charge in [-0.2, -0.15) is 0 Å². The molecule has 1 saturated heterocycles. The SMILES string of the molecule is Nc1ccc(NCCNC(=O)C2CCCO2)cn1. The molecule has 1 aromatic heterocycles. The molecule has 0 bridgehead atoms. The molecule has 1 unspecified atom stereocenters. The van der Waals surface area contributed by atoms with Crippen molar-refractivity contribution in [1.82, 2.24) is 10.3 Å². The molecule has 0 radical (unpaired) electrons. The Balaban J connectivity index is 1.63. The number of anilines is 2. The van der Waals surface area contributed by atoms with Crippen LogP contribution in [0.5, 0.6) is 0 Å². The summed E-state index contributed by atoms with van der Waals surface area (Å²) in [5.41, 5.74) is 6.37. The Hall–Kier alpha value is -1.82. The number of carbonyl (C=O) groups is 1. The molecule has 1 atom stereocenters. The average Bonchev–Trinajstić information content (AvgIpc) is 2.90. The summed E-state index contributed by atoms with van der Waals surface area (Å²) in [5, 5.41) is 5.98. The first-order valence-electron chi connectivity index (χ1n) is 6.10. The minimum Gasteiger partial charge on any atom is -0.384 e. The van der Waals surface area contributed by atoms with Crippen LogP contribution in [0.3, 0.4) is 0 Å². The third-order valence-corrected chi connectivity index (χ3v) is 2.76. The van der Waals surface area contributed by atoms with Gasteiger partial charge in [-0.3, -0.25) is 4.79 Å². The minimum atomic E-state index is -0.261. The van der Waals surface area contributed by atoms with E-state index >= 15 is 0 Å². The van der Waals surface area contributed by atoms with Crippen LogP contribution in [0.1, 0.15) is 12.8 Å². The third kappa shape index (κ3) is 3.59. The van der Waals surface area contributed by atoms with Gasteiger partial charge in [-0.15, -0.1) is 0 Å². The maximum atomic E-state index is 11.6. The van der Waals surface area contributed by atoms with Crippen molar-refractivity contribution in [2.45, 2.75) is 18.9 Å². The van der Waals surface area contributed by atoms with Crippen molar-refractivity contribution >= 4 is 17.4 Å². The summed E-state index contributed by atoms with van der Waals surface area (Å²) in [6.45, 7) is 1.89. The normalized spacial score (nSPS) is 18.6.